The zero-order chi connectivity index (χ0) is 16.0. The molecule has 0 saturated carbocycles. The Morgan fingerprint density at radius 1 is 1.29 bits per heavy atom. The van der Waals surface area contributed by atoms with Crippen LogP contribution in [0.25, 0.3) is 0 Å². The van der Waals surface area contributed by atoms with Crippen molar-refractivity contribution in [2.75, 3.05) is 13.2 Å². The monoisotopic (exact) mass is 345 g/mol. The van der Waals surface area contributed by atoms with Gasteiger partial charge in [0.1, 0.15) is 5.75 Å². The average Bonchev–Trinajstić information content (AvgIpc) is 2.34. The molecule has 21 heavy (non-hydrogen) atoms. The van der Waals surface area contributed by atoms with Crippen LogP contribution >= 0.6 is 23.2 Å². The second-order valence-corrected chi connectivity index (χ2v) is 4.96. The van der Waals surface area contributed by atoms with Crippen molar-refractivity contribution in [1.29, 1.82) is 0 Å². The van der Waals surface area contributed by atoms with Gasteiger partial charge >= 0.3 is 6.18 Å². The number of carbonyl (C=O) groups is 1. The number of halogens is 5. The molecule has 1 aromatic carbocycles. The highest BCUT2D eigenvalue weighted by Gasteiger charge is 2.37. The van der Waals surface area contributed by atoms with E-state index in [0.29, 0.717) is 10.0 Å². The molecule has 0 aliphatic carbocycles. The summed E-state index contributed by atoms with van der Waals surface area (Å²) in [4.78, 5) is 11.4. The molecule has 0 aromatic heterocycles. The first-order chi connectivity index (χ1) is 9.68. The Bertz CT molecular complexity index is 477. The Balaban J connectivity index is 2.31. The van der Waals surface area contributed by atoms with Gasteiger partial charge in [-0.15, -0.1) is 0 Å². The number of carbonyl (C=O) groups excluding carboxylic acids is 1. The minimum absolute atomic E-state index is 0.262. The number of hydrogen-bond donors (Lipinski definition) is 2. The number of alkyl halides is 3. The predicted octanol–water partition coefficient (Wildman–Crippen LogP) is 2.80. The molecule has 1 aromatic rings. The van der Waals surface area contributed by atoms with Gasteiger partial charge < -0.3 is 15.2 Å². The van der Waals surface area contributed by atoms with Crippen molar-refractivity contribution < 1.29 is 27.8 Å². The maximum Gasteiger partial charge on any atom is 0.414 e. The largest absolute Gasteiger partial charge is 0.484 e. The summed E-state index contributed by atoms with van der Waals surface area (Å²) >= 11 is 11.5. The standard InChI is InChI=1S/C12H12Cl2F3NO3/c13-7-3-8(14)5-9(4-7)21-6-11(20)18-2-1-10(19)12(15,16)17/h3-5,10,19H,1-2,6H2,(H,18,20). The zero-order valence-electron chi connectivity index (χ0n) is 10.6. The van der Waals surface area contributed by atoms with Gasteiger partial charge in [-0.3, -0.25) is 4.79 Å². The van der Waals surface area contributed by atoms with Crippen molar-refractivity contribution in [3.63, 3.8) is 0 Å². The lowest BCUT2D eigenvalue weighted by atomic mass is 10.2. The van der Waals surface area contributed by atoms with Gasteiger partial charge in [-0.25, -0.2) is 0 Å². The van der Waals surface area contributed by atoms with Crippen LogP contribution in [-0.2, 0) is 4.79 Å². The van der Waals surface area contributed by atoms with Crippen molar-refractivity contribution in [3.8, 4) is 5.75 Å². The van der Waals surface area contributed by atoms with E-state index in [1.165, 1.54) is 18.2 Å². The molecule has 0 bridgehead atoms. The van der Waals surface area contributed by atoms with E-state index < -0.39 is 31.2 Å². The summed E-state index contributed by atoms with van der Waals surface area (Å²) in [5, 5.41) is 11.6. The molecule has 0 aliphatic rings. The molecule has 118 valence electrons. The molecule has 0 saturated heterocycles. The number of aliphatic hydroxyl groups is 1. The number of amides is 1. The minimum atomic E-state index is -4.70. The maximum atomic E-state index is 12.0. The van der Waals surface area contributed by atoms with E-state index in [1.807, 2.05) is 0 Å². The molecule has 1 amide bonds. The number of hydrogen-bond acceptors (Lipinski definition) is 3. The van der Waals surface area contributed by atoms with Crippen molar-refractivity contribution in [2.45, 2.75) is 18.7 Å². The Kier molecular flexibility index (Phi) is 6.57. The van der Waals surface area contributed by atoms with Gasteiger partial charge in [0.05, 0.1) is 0 Å². The molecule has 1 rings (SSSR count). The lowest BCUT2D eigenvalue weighted by molar-refractivity contribution is -0.205. The fourth-order valence-corrected chi connectivity index (χ4v) is 1.83. The number of ether oxygens (including phenoxy) is 1. The van der Waals surface area contributed by atoms with E-state index in [0.717, 1.165) is 0 Å². The Morgan fingerprint density at radius 2 is 1.86 bits per heavy atom. The van der Waals surface area contributed by atoms with Crippen molar-refractivity contribution in [1.82, 2.24) is 5.32 Å². The highest BCUT2D eigenvalue weighted by molar-refractivity contribution is 6.34. The molecular weight excluding hydrogens is 334 g/mol. The van der Waals surface area contributed by atoms with Gasteiger partial charge in [-0.05, 0) is 24.6 Å². The summed E-state index contributed by atoms with van der Waals surface area (Å²) in [6.07, 6.45) is -7.79. The first-order valence-corrected chi connectivity index (χ1v) is 6.54. The number of aliphatic hydroxyl groups excluding tert-OH is 1. The molecule has 0 radical (unpaired) electrons. The van der Waals surface area contributed by atoms with Crippen LogP contribution in [0, 0.1) is 0 Å². The third-order valence-corrected chi connectivity index (χ3v) is 2.76. The molecule has 0 aliphatic heterocycles. The van der Waals surface area contributed by atoms with Crippen LogP contribution in [0.4, 0.5) is 13.2 Å². The molecule has 1 atom stereocenters. The topological polar surface area (TPSA) is 58.6 Å². The van der Waals surface area contributed by atoms with Crippen LogP contribution in [-0.4, -0.2) is 36.4 Å². The molecule has 9 heteroatoms. The lowest BCUT2D eigenvalue weighted by Gasteiger charge is -2.14. The third kappa shape index (κ3) is 6.88. The third-order valence-electron chi connectivity index (χ3n) is 2.32. The number of rotatable bonds is 6. The van der Waals surface area contributed by atoms with Crippen LogP contribution in [0.1, 0.15) is 6.42 Å². The second-order valence-electron chi connectivity index (χ2n) is 4.09. The molecule has 4 nitrogen and oxygen atoms in total. The second kappa shape index (κ2) is 7.72. The highest BCUT2D eigenvalue weighted by atomic mass is 35.5. The van der Waals surface area contributed by atoms with Gasteiger partial charge in [0, 0.05) is 16.6 Å². The summed E-state index contributed by atoms with van der Waals surface area (Å²) in [7, 11) is 0. The summed E-state index contributed by atoms with van der Waals surface area (Å²) < 4.78 is 41.1. The van der Waals surface area contributed by atoms with Crippen molar-refractivity contribution in [2.24, 2.45) is 0 Å². The first-order valence-electron chi connectivity index (χ1n) is 5.79. The molecule has 0 fully saturated rings. The van der Waals surface area contributed by atoms with Crippen LogP contribution in [0.5, 0.6) is 5.75 Å². The Labute approximate surface area is 128 Å². The van der Waals surface area contributed by atoms with Gasteiger partial charge in [0.25, 0.3) is 5.91 Å². The van der Waals surface area contributed by atoms with Crippen LogP contribution in [0.3, 0.4) is 0 Å². The molecule has 1 unspecified atom stereocenters. The van der Waals surface area contributed by atoms with Gasteiger partial charge in [-0.1, -0.05) is 23.2 Å². The lowest BCUT2D eigenvalue weighted by Crippen LogP contribution is -2.35. The van der Waals surface area contributed by atoms with Crippen LogP contribution < -0.4 is 10.1 Å². The van der Waals surface area contributed by atoms with Gasteiger partial charge in [0.15, 0.2) is 12.7 Å². The smallest absolute Gasteiger partial charge is 0.414 e. The van der Waals surface area contributed by atoms with E-state index in [4.69, 9.17) is 33.0 Å². The predicted molar refractivity (Wildman–Crippen MR) is 71.6 cm³/mol. The van der Waals surface area contributed by atoms with Crippen LogP contribution in [0.2, 0.25) is 10.0 Å². The molecular formula is C12H12Cl2F3NO3. The summed E-state index contributed by atoms with van der Waals surface area (Å²) in [6.45, 7) is -0.724. The number of nitrogens with one attached hydrogen (secondary N) is 1. The minimum Gasteiger partial charge on any atom is -0.484 e. The fourth-order valence-electron chi connectivity index (χ4n) is 1.32. The summed E-state index contributed by atoms with van der Waals surface area (Å²) in [6, 6.07) is 4.36. The summed E-state index contributed by atoms with van der Waals surface area (Å²) in [5.74, 6) is -0.363. The Hall–Kier alpha value is -1.18. The van der Waals surface area contributed by atoms with Crippen molar-refractivity contribution >= 4 is 29.1 Å². The maximum absolute atomic E-state index is 12.0. The molecule has 2 N–H and O–H groups in total. The first kappa shape index (κ1) is 17.9. The number of benzene rings is 1. The zero-order valence-corrected chi connectivity index (χ0v) is 12.1. The molecule has 0 heterocycles. The SMILES string of the molecule is O=C(COc1cc(Cl)cc(Cl)c1)NCCC(O)C(F)(F)F. The van der Waals surface area contributed by atoms with E-state index >= 15 is 0 Å². The highest BCUT2D eigenvalue weighted by Crippen LogP contribution is 2.24. The van der Waals surface area contributed by atoms with E-state index in [2.05, 4.69) is 5.32 Å². The van der Waals surface area contributed by atoms with Crippen molar-refractivity contribution in [3.05, 3.63) is 28.2 Å². The Morgan fingerprint density at radius 3 is 2.38 bits per heavy atom. The molecule has 0 spiro atoms. The van der Waals surface area contributed by atoms with E-state index in [-0.39, 0.29) is 12.3 Å². The average molecular weight is 346 g/mol. The van der Waals surface area contributed by atoms with E-state index in [1.54, 1.807) is 0 Å². The summed E-state index contributed by atoms with van der Waals surface area (Å²) in [5.41, 5.74) is 0. The fraction of sp³-hybridized carbons (Fsp3) is 0.417. The quantitative estimate of drug-likeness (QED) is 0.833. The van der Waals surface area contributed by atoms with Crippen LogP contribution in [0.15, 0.2) is 18.2 Å². The van der Waals surface area contributed by atoms with E-state index in [9.17, 15) is 18.0 Å². The normalized spacial score (nSPS) is 12.9. The van der Waals surface area contributed by atoms with Gasteiger partial charge in [0.2, 0.25) is 0 Å². The van der Waals surface area contributed by atoms with Gasteiger partial charge in [-0.2, -0.15) is 13.2 Å².